The van der Waals surface area contributed by atoms with Gasteiger partial charge in [-0.2, -0.15) is 0 Å². The van der Waals surface area contributed by atoms with Crippen molar-refractivity contribution in [3.8, 4) is 0 Å². The van der Waals surface area contributed by atoms with E-state index in [-0.39, 0.29) is 5.75 Å². The first-order valence-electron chi connectivity index (χ1n) is 3.55. The molecule has 0 radical (unpaired) electrons. The lowest BCUT2D eigenvalue weighted by Gasteiger charge is -2.00. The first-order valence-corrected chi connectivity index (χ1v) is 5.20. The predicted octanol–water partition coefficient (Wildman–Crippen LogP) is 0.270. The minimum atomic E-state index is -3.32. The molecule has 1 rings (SSSR count). The smallest absolute Gasteiger partial charge is 0.217 e. The van der Waals surface area contributed by atoms with E-state index >= 15 is 0 Å². The van der Waals surface area contributed by atoms with E-state index < -0.39 is 15.8 Å². The van der Waals surface area contributed by atoms with Crippen molar-refractivity contribution in [1.82, 2.24) is 9.71 Å². The van der Waals surface area contributed by atoms with Crippen LogP contribution in [0.4, 0.5) is 4.39 Å². The maximum atomic E-state index is 12.4. The van der Waals surface area contributed by atoms with Gasteiger partial charge in [-0.25, -0.2) is 17.5 Å². The third-order valence-electron chi connectivity index (χ3n) is 1.44. The Morgan fingerprint density at radius 1 is 1.54 bits per heavy atom. The first-order chi connectivity index (χ1) is 6.03. The number of nitrogens with one attached hydrogen (secondary N) is 1. The van der Waals surface area contributed by atoms with Gasteiger partial charge in [-0.05, 0) is 19.2 Å². The van der Waals surface area contributed by atoms with Crippen LogP contribution < -0.4 is 4.72 Å². The van der Waals surface area contributed by atoms with Gasteiger partial charge in [0.25, 0.3) is 0 Å². The van der Waals surface area contributed by atoms with E-state index in [9.17, 15) is 12.8 Å². The topological polar surface area (TPSA) is 59.1 Å². The summed E-state index contributed by atoms with van der Waals surface area (Å²) in [5, 5.41) is 0. The number of rotatable bonds is 3. The number of nitrogens with zero attached hydrogens (tertiary/aromatic N) is 1. The average molecular weight is 204 g/mol. The summed E-state index contributed by atoms with van der Waals surface area (Å²) in [6, 6.07) is 2.51. The number of sulfonamides is 1. The van der Waals surface area contributed by atoms with E-state index in [1.807, 2.05) is 0 Å². The van der Waals surface area contributed by atoms with Gasteiger partial charge >= 0.3 is 0 Å². The minimum absolute atomic E-state index is 0.232. The molecule has 72 valence electrons. The highest BCUT2D eigenvalue weighted by Gasteiger charge is 2.08. The maximum Gasteiger partial charge on any atom is 0.217 e. The molecule has 0 saturated heterocycles. The second kappa shape index (κ2) is 3.80. The Labute approximate surface area is 75.9 Å². The summed E-state index contributed by atoms with van der Waals surface area (Å²) in [5.74, 6) is -0.713. The number of pyridine rings is 1. The van der Waals surface area contributed by atoms with Crippen LogP contribution in [-0.2, 0) is 15.8 Å². The molecule has 4 nitrogen and oxygen atoms in total. The quantitative estimate of drug-likeness (QED) is 0.768. The van der Waals surface area contributed by atoms with Crippen LogP contribution in [0.5, 0.6) is 0 Å². The molecule has 1 heterocycles. The molecule has 0 aromatic carbocycles. The third-order valence-corrected chi connectivity index (χ3v) is 2.74. The Morgan fingerprint density at radius 3 is 2.69 bits per heavy atom. The summed E-state index contributed by atoms with van der Waals surface area (Å²) in [6.07, 6.45) is 0.987. The van der Waals surface area contributed by atoms with Crippen LogP contribution in [0, 0.1) is 5.82 Å². The van der Waals surface area contributed by atoms with E-state index in [1.54, 1.807) is 0 Å². The molecule has 1 aromatic rings. The second-order valence-corrected chi connectivity index (χ2v) is 4.36. The molecular formula is C7H9FN2O2S. The SMILES string of the molecule is CNS(=O)(=O)Cc1ccc(F)cn1. The molecule has 6 heteroatoms. The molecule has 0 unspecified atom stereocenters. The summed E-state index contributed by atoms with van der Waals surface area (Å²) in [6.45, 7) is 0. The van der Waals surface area contributed by atoms with Crippen molar-refractivity contribution in [1.29, 1.82) is 0 Å². The van der Waals surface area contributed by atoms with Crippen molar-refractivity contribution in [3.63, 3.8) is 0 Å². The van der Waals surface area contributed by atoms with E-state index in [2.05, 4.69) is 9.71 Å². The molecule has 0 fully saturated rings. The molecule has 1 N–H and O–H groups in total. The summed E-state index contributed by atoms with van der Waals surface area (Å²) in [7, 11) is -2.00. The maximum absolute atomic E-state index is 12.4. The molecule has 0 aliphatic rings. The van der Waals surface area contributed by atoms with Gasteiger partial charge in [0.05, 0.1) is 11.9 Å². The summed E-state index contributed by atoms with van der Waals surface area (Å²) >= 11 is 0. The van der Waals surface area contributed by atoms with E-state index in [4.69, 9.17) is 0 Å². The molecule has 0 spiro atoms. The van der Waals surface area contributed by atoms with Crippen LogP contribution in [0.15, 0.2) is 18.3 Å². The zero-order chi connectivity index (χ0) is 9.90. The monoisotopic (exact) mass is 204 g/mol. The second-order valence-electron chi connectivity index (χ2n) is 2.43. The van der Waals surface area contributed by atoms with Crippen LogP contribution in [0.3, 0.4) is 0 Å². The van der Waals surface area contributed by atoms with Crippen LogP contribution >= 0.6 is 0 Å². The van der Waals surface area contributed by atoms with Gasteiger partial charge in [0, 0.05) is 0 Å². The van der Waals surface area contributed by atoms with Gasteiger partial charge in [-0.15, -0.1) is 0 Å². The molecule has 13 heavy (non-hydrogen) atoms. The standard InChI is InChI=1S/C7H9FN2O2S/c1-9-13(11,12)5-7-3-2-6(8)4-10-7/h2-4,9H,5H2,1H3. The molecule has 0 atom stereocenters. The van der Waals surface area contributed by atoms with Crippen LogP contribution in [0.2, 0.25) is 0 Å². The van der Waals surface area contributed by atoms with Gasteiger partial charge < -0.3 is 0 Å². The van der Waals surface area contributed by atoms with Crippen LogP contribution in [0.1, 0.15) is 5.69 Å². The van der Waals surface area contributed by atoms with E-state index in [1.165, 1.54) is 19.2 Å². The molecule has 0 aliphatic carbocycles. The van der Waals surface area contributed by atoms with Crippen molar-refractivity contribution in [2.75, 3.05) is 7.05 Å². The highest BCUT2D eigenvalue weighted by molar-refractivity contribution is 7.88. The number of hydrogen-bond donors (Lipinski definition) is 1. The Bertz CT molecular complexity index is 374. The van der Waals surface area contributed by atoms with E-state index in [0.29, 0.717) is 5.69 Å². The largest absolute Gasteiger partial charge is 0.257 e. The van der Waals surface area contributed by atoms with Crippen molar-refractivity contribution in [3.05, 3.63) is 29.8 Å². The molecule has 0 bridgehead atoms. The lowest BCUT2D eigenvalue weighted by Crippen LogP contribution is -2.20. The van der Waals surface area contributed by atoms with Crippen LogP contribution in [-0.4, -0.2) is 20.4 Å². The Balaban J connectivity index is 2.82. The van der Waals surface area contributed by atoms with Gasteiger partial charge in [0.1, 0.15) is 11.6 Å². The lowest BCUT2D eigenvalue weighted by molar-refractivity contribution is 0.585. The number of hydrogen-bond acceptors (Lipinski definition) is 3. The highest BCUT2D eigenvalue weighted by atomic mass is 32.2. The Morgan fingerprint density at radius 2 is 2.23 bits per heavy atom. The van der Waals surface area contributed by atoms with Crippen molar-refractivity contribution in [2.45, 2.75) is 5.75 Å². The summed E-state index contributed by atoms with van der Waals surface area (Å²) in [4.78, 5) is 3.62. The van der Waals surface area contributed by atoms with E-state index in [0.717, 1.165) is 6.20 Å². The lowest BCUT2D eigenvalue weighted by atomic mass is 10.4. The summed E-state index contributed by atoms with van der Waals surface area (Å²) < 4.78 is 36.5. The normalized spacial score (nSPS) is 11.5. The fraction of sp³-hybridized carbons (Fsp3) is 0.286. The third kappa shape index (κ3) is 3.08. The van der Waals surface area contributed by atoms with Crippen molar-refractivity contribution in [2.24, 2.45) is 0 Å². The highest BCUT2D eigenvalue weighted by Crippen LogP contribution is 2.01. The minimum Gasteiger partial charge on any atom is -0.257 e. The zero-order valence-electron chi connectivity index (χ0n) is 6.99. The molecule has 0 aliphatic heterocycles. The average Bonchev–Trinajstić information content (AvgIpc) is 2.09. The molecule has 0 amide bonds. The van der Waals surface area contributed by atoms with Crippen LogP contribution in [0.25, 0.3) is 0 Å². The van der Waals surface area contributed by atoms with Gasteiger partial charge in [-0.1, -0.05) is 0 Å². The fourth-order valence-corrected chi connectivity index (χ4v) is 1.46. The number of halogens is 1. The zero-order valence-corrected chi connectivity index (χ0v) is 7.81. The predicted molar refractivity (Wildman–Crippen MR) is 45.9 cm³/mol. The van der Waals surface area contributed by atoms with Gasteiger partial charge in [0.15, 0.2) is 0 Å². The van der Waals surface area contributed by atoms with Crippen molar-refractivity contribution < 1.29 is 12.8 Å². The Kier molecular flexibility index (Phi) is 2.94. The fourth-order valence-electron chi connectivity index (χ4n) is 0.759. The first kappa shape index (κ1) is 10.1. The Hall–Kier alpha value is -1.01. The summed E-state index contributed by atoms with van der Waals surface area (Å²) in [5.41, 5.74) is 0.316. The number of aromatic nitrogens is 1. The molecule has 1 aromatic heterocycles. The van der Waals surface area contributed by atoms with Gasteiger partial charge in [-0.3, -0.25) is 4.98 Å². The molecular weight excluding hydrogens is 195 g/mol. The van der Waals surface area contributed by atoms with Gasteiger partial charge in [0.2, 0.25) is 10.0 Å². The van der Waals surface area contributed by atoms with Crippen molar-refractivity contribution >= 4 is 10.0 Å². The molecule has 0 saturated carbocycles.